The summed E-state index contributed by atoms with van der Waals surface area (Å²) in [6.07, 6.45) is 0. The van der Waals surface area contributed by atoms with Crippen molar-refractivity contribution in [2.24, 2.45) is 0 Å². The number of piperazine rings is 1. The Morgan fingerprint density at radius 1 is 1.50 bits per heavy atom. The van der Waals surface area contributed by atoms with Crippen molar-refractivity contribution in [1.29, 1.82) is 0 Å². The molecule has 0 aromatic heterocycles. The Kier molecular flexibility index (Phi) is 4.09. The van der Waals surface area contributed by atoms with Crippen LogP contribution in [0, 0.1) is 5.82 Å². The predicted octanol–water partition coefficient (Wildman–Crippen LogP) is 3.16. The molecule has 2 rings (SSSR count). The number of nitrogens with zero attached hydrogens (tertiary/aromatic N) is 1. The fraction of sp³-hybridized carbons (Fsp3) is 0.571. The highest BCUT2D eigenvalue weighted by atomic mass is 79.9. The Morgan fingerprint density at radius 2 is 2.22 bits per heavy atom. The van der Waals surface area contributed by atoms with Crippen LogP contribution in [0.5, 0.6) is 0 Å². The van der Waals surface area contributed by atoms with Gasteiger partial charge in [0.1, 0.15) is 5.82 Å². The quantitative estimate of drug-likeness (QED) is 0.902. The standard InChI is InChI=1S/C14H20BrFN2/c1-10-7-17-14(2,3)9-18(10)8-11-6-12(15)4-5-13(11)16/h4-6,10,17H,7-9H2,1-3H3. The Balaban J connectivity index is 2.14. The molecular weight excluding hydrogens is 295 g/mol. The molecule has 1 heterocycles. The van der Waals surface area contributed by atoms with Crippen molar-refractivity contribution >= 4 is 15.9 Å². The predicted molar refractivity (Wildman–Crippen MR) is 76.1 cm³/mol. The highest BCUT2D eigenvalue weighted by Crippen LogP contribution is 2.21. The summed E-state index contributed by atoms with van der Waals surface area (Å²) >= 11 is 3.40. The van der Waals surface area contributed by atoms with E-state index in [-0.39, 0.29) is 11.4 Å². The molecule has 1 atom stereocenters. The first-order valence-corrected chi connectivity index (χ1v) is 7.10. The van der Waals surface area contributed by atoms with Crippen molar-refractivity contribution in [2.75, 3.05) is 13.1 Å². The third-order valence-corrected chi connectivity index (χ3v) is 3.97. The van der Waals surface area contributed by atoms with E-state index in [0.29, 0.717) is 12.6 Å². The van der Waals surface area contributed by atoms with Gasteiger partial charge in [-0.3, -0.25) is 4.90 Å². The molecule has 4 heteroatoms. The number of hydrogen-bond acceptors (Lipinski definition) is 2. The molecule has 2 nitrogen and oxygen atoms in total. The lowest BCUT2D eigenvalue weighted by Crippen LogP contribution is -2.60. The first-order chi connectivity index (χ1) is 8.37. The summed E-state index contributed by atoms with van der Waals surface area (Å²) in [5, 5.41) is 3.51. The highest BCUT2D eigenvalue weighted by Gasteiger charge is 2.30. The molecule has 0 saturated carbocycles. The van der Waals surface area contributed by atoms with Gasteiger partial charge in [0.15, 0.2) is 0 Å². The van der Waals surface area contributed by atoms with E-state index < -0.39 is 0 Å². The Hall–Kier alpha value is -0.450. The molecule has 1 aliphatic heterocycles. The molecule has 0 aliphatic carbocycles. The van der Waals surface area contributed by atoms with Gasteiger partial charge >= 0.3 is 0 Å². The minimum absolute atomic E-state index is 0.0923. The molecule has 100 valence electrons. The lowest BCUT2D eigenvalue weighted by atomic mass is 9.98. The summed E-state index contributed by atoms with van der Waals surface area (Å²) in [6, 6.07) is 5.56. The van der Waals surface area contributed by atoms with Crippen LogP contribution in [-0.4, -0.2) is 29.6 Å². The first-order valence-electron chi connectivity index (χ1n) is 6.30. The molecule has 0 spiro atoms. The van der Waals surface area contributed by atoms with Gasteiger partial charge in [-0.1, -0.05) is 15.9 Å². The summed E-state index contributed by atoms with van der Waals surface area (Å²) in [5.74, 6) is -0.123. The van der Waals surface area contributed by atoms with Crippen LogP contribution in [0.4, 0.5) is 4.39 Å². The SMILES string of the molecule is CC1CNC(C)(C)CN1Cc1cc(Br)ccc1F. The molecule has 18 heavy (non-hydrogen) atoms. The lowest BCUT2D eigenvalue weighted by molar-refractivity contribution is 0.0966. The molecule has 0 radical (unpaired) electrons. The minimum Gasteiger partial charge on any atom is -0.309 e. The molecule has 1 saturated heterocycles. The fourth-order valence-electron chi connectivity index (χ4n) is 2.37. The fourth-order valence-corrected chi connectivity index (χ4v) is 2.78. The Labute approximate surface area is 117 Å². The average molecular weight is 315 g/mol. The monoisotopic (exact) mass is 314 g/mol. The molecule has 1 aromatic rings. The van der Waals surface area contributed by atoms with Crippen LogP contribution < -0.4 is 5.32 Å². The molecule has 1 aliphatic rings. The van der Waals surface area contributed by atoms with Crippen molar-refractivity contribution in [3.63, 3.8) is 0 Å². The van der Waals surface area contributed by atoms with Gasteiger partial charge in [-0.15, -0.1) is 0 Å². The average Bonchev–Trinajstić information content (AvgIpc) is 2.28. The van der Waals surface area contributed by atoms with Crippen molar-refractivity contribution in [2.45, 2.75) is 38.9 Å². The lowest BCUT2D eigenvalue weighted by Gasteiger charge is -2.43. The van der Waals surface area contributed by atoms with E-state index in [0.717, 1.165) is 23.1 Å². The zero-order valence-electron chi connectivity index (χ0n) is 11.1. The third kappa shape index (κ3) is 3.31. The van der Waals surface area contributed by atoms with E-state index in [9.17, 15) is 4.39 Å². The van der Waals surface area contributed by atoms with Crippen molar-refractivity contribution in [1.82, 2.24) is 10.2 Å². The Morgan fingerprint density at radius 3 is 2.94 bits per heavy atom. The van der Waals surface area contributed by atoms with E-state index in [2.05, 4.69) is 46.9 Å². The molecule has 0 bridgehead atoms. The summed E-state index contributed by atoms with van der Waals surface area (Å²) in [6.45, 7) is 9.09. The maximum Gasteiger partial charge on any atom is 0.127 e. The van der Waals surface area contributed by atoms with Crippen molar-refractivity contribution in [3.05, 3.63) is 34.1 Å². The Bertz CT molecular complexity index is 434. The number of halogens is 2. The normalized spacial score (nSPS) is 24.2. The van der Waals surface area contributed by atoms with E-state index in [1.807, 2.05) is 6.07 Å². The van der Waals surface area contributed by atoms with Crippen molar-refractivity contribution in [3.8, 4) is 0 Å². The summed E-state index contributed by atoms with van der Waals surface area (Å²) < 4.78 is 14.7. The summed E-state index contributed by atoms with van der Waals surface area (Å²) in [4.78, 5) is 2.33. The van der Waals surface area contributed by atoms with E-state index >= 15 is 0 Å². The highest BCUT2D eigenvalue weighted by molar-refractivity contribution is 9.10. The number of hydrogen-bond donors (Lipinski definition) is 1. The largest absolute Gasteiger partial charge is 0.309 e. The van der Waals surface area contributed by atoms with Crippen molar-refractivity contribution < 1.29 is 4.39 Å². The second kappa shape index (κ2) is 5.27. The van der Waals surface area contributed by atoms with E-state index in [4.69, 9.17) is 0 Å². The number of benzene rings is 1. The molecule has 1 fully saturated rings. The molecule has 0 amide bonds. The molecule has 1 aromatic carbocycles. The van der Waals surface area contributed by atoms with E-state index in [1.165, 1.54) is 6.07 Å². The van der Waals surface area contributed by atoms with Gasteiger partial charge in [0.2, 0.25) is 0 Å². The van der Waals surface area contributed by atoms with Gasteiger partial charge in [-0.2, -0.15) is 0 Å². The summed E-state index contributed by atoms with van der Waals surface area (Å²) in [5.41, 5.74) is 0.851. The number of nitrogens with one attached hydrogen (secondary N) is 1. The smallest absolute Gasteiger partial charge is 0.127 e. The van der Waals surface area contributed by atoms with Gasteiger partial charge < -0.3 is 5.32 Å². The molecule has 1 N–H and O–H groups in total. The number of rotatable bonds is 2. The topological polar surface area (TPSA) is 15.3 Å². The maximum atomic E-state index is 13.8. The zero-order chi connectivity index (χ0) is 13.3. The van der Waals surface area contributed by atoms with Gasteiger partial charge in [0, 0.05) is 41.3 Å². The van der Waals surface area contributed by atoms with Crippen LogP contribution in [0.2, 0.25) is 0 Å². The molecular formula is C14H20BrFN2. The van der Waals surface area contributed by atoms with Gasteiger partial charge in [0.25, 0.3) is 0 Å². The van der Waals surface area contributed by atoms with Crippen LogP contribution in [-0.2, 0) is 6.54 Å². The van der Waals surface area contributed by atoms with Gasteiger partial charge in [-0.05, 0) is 39.0 Å². The van der Waals surface area contributed by atoms with Crippen LogP contribution in [0.25, 0.3) is 0 Å². The maximum absolute atomic E-state index is 13.8. The third-order valence-electron chi connectivity index (χ3n) is 3.48. The van der Waals surface area contributed by atoms with Crippen LogP contribution in [0.1, 0.15) is 26.3 Å². The zero-order valence-corrected chi connectivity index (χ0v) is 12.7. The van der Waals surface area contributed by atoms with E-state index in [1.54, 1.807) is 6.07 Å². The first kappa shape index (κ1) is 14.0. The van der Waals surface area contributed by atoms with Crippen LogP contribution in [0.3, 0.4) is 0 Å². The van der Waals surface area contributed by atoms with Gasteiger partial charge in [0.05, 0.1) is 0 Å². The van der Waals surface area contributed by atoms with Crippen LogP contribution in [0.15, 0.2) is 22.7 Å². The van der Waals surface area contributed by atoms with Crippen LogP contribution >= 0.6 is 15.9 Å². The summed E-state index contributed by atoms with van der Waals surface area (Å²) in [7, 11) is 0. The second-order valence-electron chi connectivity index (χ2n) is 5.75. The second-order valence-corrected chi connectivity index (χ2v) is 6.67. The molecule has 1 unspecified atom stereocenters. The van der Waals surface area contributed by atoms with Gasteiger partial charge in [-0.25, -0.2) is 4.39 Å². The minimum atomic E-state index is -0.123.